The fourth-order valence-corrected chi connectivity index (χ4v) is 3.20. The molecule has 0 amide bonds. The fraction of sp³-hybridized carbons (Fsp3) is 0.417. The molecule has 0 spiro atoms. The predicted octanol–water partition coefficient (Wildman–Crippen LogP) is 1.90. The van der Waals surface area contributed by atoms with Gasteiger partial charge in [0.1, 0.15) is 0 Å². The quantitative estimate of drug-likeness (QED) is 0.813. The van der Waals surface area contributed by atoms with Gasteiger partial charge in [0.25, 0.3) is 0 Å². The predicted molar refractivity (Wildman–Crippen MR) is 76.7 cm³/mol. The van der Waals surface area contributed by atoms with Crippen LogP contribution in [0.2, 0.25) is 0 Å². The minimum atomic E-state index is -3.91. The van der Waals surface area contributed by atoms with E-state index in [1.165, 1.54) is 0 Å². The van der Waals surface area contributed by atoms with Crippen LogP contribution >= 0.6 is 12.2 Å². The molecule has 0 heterocycles. The molecule has 8 heteroatoms. The Morgan fingerprint density at radius 3 is 2.45 bits per heavy atom. The summed E-state index contributed by atoms with van der Waals surface area (Å²) >= 11 is 4.81. The van der Waals surface area contributed by atoms with Gasteiger partial charge in [-0.05, 0) is 18.2 Å². The highest BCUT2D eigenvalue weighted by Gasteiger charge is 2.26. The number of rotatable bonds is 6. The van der Waals surface area contributed by atoms with Crippen molar-refractivity contribution in [2.75, 3.05) is 13.1 Å². The number of thiocarbonyl (C=S) groups is 1. The number of hydrogen-bond donors (Lipinski definition) is 1. The van der Waals surface area contributed by atoms with Gasteiger partial charge in [0.05, 0.1) is 9.88 Å². The summed E-state index contributed by atoms with van der Waals surface area (Å²) in [5, 5.41) is 0. The first-order chi connectivity index (χ1) is 9.20. The lowest BCUT2D eigenvalue weighted by molar-refractivity contribution is 0.404. The van der Waals surface area contributed by atoms with Gasteiger partial charge in [-0.2, -0.15) is 4.31 Å². The monoisotopic (exact) mass is 322 g/mol. The Bertz CT molecular complexity index is 605. The molecule has 0 aliphatic heterocycles. The lowest BCUT2D eigenvalue weighted by Crippen LogP contribution is -2.38. The first kappa shape index (κ1) is 16.9. The summed E-state index contributed by atoms with van der Waals surface area (Å²) in [6.45, 7) is 3.61. The molecule has 0 radical (unpaired) electrons. The normalized spacial score (nSPS) is 13.4. The Labute approximate surface area is 122 Å². The molecule has 20 heavy (non-hydrogen) atoms. The van der Waals surface area contributed by atoms with Crippen LogP contribution in [0.5, 0.6) is 0 Å². The molecule has 1 atom stereocenters. The third-order valence-electron chi connectivity index (χ3n) is 2.84. The molecule has 2 N–H and O–H groups in total. The molecule has 112 valence electrons. The average Bonchev–Trinajstić information content (AvgIpc) is 2.38. The van der Waals surface area contributed by atoms with E-state index in [9.17, 15) is 17.2 Å². The van der Waals surface area contributed by atoms with Crippen LogP contribution < -0.4 is 5.73 Å². The van der Waals surface area contributed by atoms with Gasteiger partial charge in [-0.3, -0.25) is 0 Å². The molecule has 1 unspecified atom stereocenters. The highest BCUT2D eigenvalue weighted by molar-refractivity contribution is 7.89. The van der Waals surface area contributed by atoms with Gasteiger partial charge in [0.15, 0.2) is 11.6 Å². The third-order valence-corrected chi connectivity index (χ3v) is 5.18. The highest BCUT2D eigenvalue weighted by atomic mass is 32.2. The second-order valence-electron chi connectivity index (χ2n) is 4.34. The Kier molecular flexibility index (Phi) is 5.55. The number of halogens is 2. The van der Waals surface area contributed by atoms with Crippen LogP contribution in [0.4, 0.5) is 8.78 Å². The van der Waals surface area contributed by atoms with Gasteiger partial charge in [-0.25, -0.2) is 17.2 Å². The van der Waals surface area contributed by atoms with Crippen molar-refractivity contribution >= 4 is 27.2 Å². The molecule has 4 nitrogen and oxygen atoms in total. The van der Waals surface area contributed by atoms with E-state index in [4.69, 9.17) is 18.0 Å². The summed E-state index contributed by atoms with van der Waals surface area (Å²) in [6.07, 6.45) is 0. The van der Waals surface area contributed by atoms with E-state index in [0.717, 1.165) is 16.4 Å². The molecule has 1 rings (SSSR count). The van der Waals surface area contributed by atoms with E-state index in [1.807, 2.05) is 0 Å². The number of benzene rings is 1. The van der Waals surface area contributed by atoms with Crippen molar-refractivity contribution in [3.63, 3.8) is 0 Å². The first-order valence-electron chi connectivity index (χ1n) is 5.94. The third kappa shape index (κ3) is 3.71. The zero-order chi connectivity index (χ0) is 15.5. The number of nitrogens with zero attached hydrogens (tertiary/aromatic N) is 1. The first-order valence-corrected chi connectivity index (χ1v) is 7.79. The van der Waals surface area contributed by atoms with Crippen molar-refractivity contribution in [1.82, 2.24) is 4.31 Å². The van der Waals surface area contributed by atoms with Gasteiger partial charge >= 0.3 is 0 Å². The molecule has 0 bridgehead atoms. The van der Waals surface area contributed by atoms with Crippen molar-refractivity contribution in [1.29, 1.82) is 0 Å². The topological polar surface area (TPSA) is 63.4 Å². The summed E-state index contributed by atoms with van der Waals surface area (Å²) in [7, 11) is -3.91. The number of sulfonamides is 1. The Morgan fingerprint density at radius 2 is 2.00 bits per heavy atom. The molecule has 0 aromatic heterocycles. The lowest BCUT2D eigenvalue weighted by atomic mass is 10.2. The summed E-state index contributed by atoms with van der Waals surface area (Å²) < 4.78 is 51.8. The summed E-state index contributed by atoms with van der Waals surface area (Å²) in [4.78, 5) is -0.0997. The van der Waals surface area contributed by atoms with Gasteiger partial charge in [0.2, 0.25) is 10.0 Å². The van der Waals surface area contributed by atoms with E-state index in [2.05, 4.69) is 0 Å². The summed E-state index contributed by atoms with van der Waals surface area (Å²) in [6, 6.07) is 2.48. The Balaban J connectivity index is 3.11. The molecule has 0 fully saturated rings. The Morgan fingerprint density at radius 1 is 1.40 bits per heavy atom. The maximum absolute atomic E-state index is 13.2. The lowest BCUT2D eigenvalue weighted by Gasteiger charge is -2.23. The van der Waals surface area contributed by atoms with E-state index < -0.39 is 21.7 Å². The maximum atomic E-state index is 13.2. The van der Waals surface area contributed by atoms with Crippen molar-refractivity contribution in [3.8, 4) is 0 Å². The Hall–Kier alpha value is -1.12. The molecule has 0 saturated carbocycles. The van der Waals surface area contributed by atoms with E-state index in [0.29, 0.717) is 6.07 Å². The van der Waals surface area contributed by atoms with Crippen LogP contribution in [0.1, 0.15) is 13.8 Å². The highest BCUT2D eigenvalue weighted by Crippen LogP contribution is 2.19. The second-order valence-corrected chi connectivity index (χ2v) is 6.74. The average molecular weight is 322 g/mol. The summed E-state index contributed by atoms with van der Waals surface area (Å²) in [5.74, 6) is -2.61. The minimum absolute atomic E-state index is 0.0904. The smallest absolute Gasteiger partial charge is 0.243 e. The van der Waals surface area contributed by atoms with Gasteiger partial charge in [-0.1, -0.05) is 26.1 Å². The molecular formula is C12H16F2N2O2S2. The maximum Gasteiger partial charge on any atom is 0.243 e. The summed E-state index contributed by atoms with van der Waals surface area (Å²) in [5.41, 5.74) is 5.47. The molecule has 0 saturated heterocycles. The van der Waals surface area contributed by atoms with Crippen molar-refractivity contribution < 1.29 is 17.2 Å². The van der Waals surface area contributed by atoms with Gasteiger partial charge < -0.3 is 5.73 Å². The minimum Gasteiger partial charge on any atom is -0.393 e. The van der Waals surface area contributed by atoms with E-state index in [-0.39, 0.29) is 28.9 Å². The van der Waals surface area contributed by atoms with Crippen LogP contribution in [0.25, 0.3) is 0 Å². The number of hydrogen-bond acceptors (Lipinski definition) is 3. The van der Waals surface area contributed by atoms with Gasteiger partial charge in [0, 0.05) is 19.0 Å². The second kappa shape index (κ2) is 6.55. The molecular weight excluding hydrogens is 306 g/mol. The van der Waals surface area contributed by atoms with Crippen LogP contribution in [0.15, 0.2) is 23.1 Å². The zero-order valence-electron chi connectivity index (χ0n) is 11.1. The molecule has 0 aliphatic rings. The van der Waals surface area contributed by atoms with E-state index in [1.54, 1.807) is 13.8 Å². The van der Waals surface area contributed by atoms with E-state index >= 15 is 0 Å². The van der Waals surface area contributed by atoms with Crippen LogP contribution in [-0.2, 0) is 10.0 Å². The van der Waals surface area contributed by atoms with Crippen molar-refractivity contribution in [2.45, 2.75) is 18.7 Å². The van der Waals surface area contributed by atoms with Crippen LogP contribution in [0.3, 0.4) is 0 Å². The largest absolute Gasteiger partial charge is 0.393 e. The van der Waals surface area contributed by atoms with Crippen LogP contribution in [-0.4, -0.2) is 30.8 Å². The molecule has 1 aromatic rings. The SMILES string of the molecule is CCN(CC(C)C(N)=S)S(=O)(=O)c1ccc(F)c(F)c1. The fourth-order valence-electron chi connectivity index (χ4n) is 1.58. The van der Waals surface area contributed by atoms with Crippen LogP contribution in [0, 0.1) is 17.6 Å². The molecule has 0 aliphatic carbocycles. The standard InChI is InChI=1S/C12H16F2N2O2S2/c1-3-16(7-8(2)12(15)19)20(17,18)9-4-5-10(13)11(14)6-9/h4-6,8H,3,7H2,1-2H3,(H2,15,19). The van der Waals surface area contributed by atoms with Gasteiger partial charge in [-0.15, -0.1) is 0 Å². The van der Waals surface area contributed by atoms with Crippen molar-refractivity contribution in [2.24, 2.45) is 11.7 Å². The number of nitrogens with two attached hydrogens (primary N) is 1. The molecule has 1 aromatic carbocycles. The zero-order valence-corrected chi connectivity index (χ0v) is 12.8. The van der Waals surface area contributed by atoms with Crippen molar-refractivity contribution in [3.05, 3.63) is 29.8 Å².